The molecule has 1 unspecified atom stereocenters. The van der Waals surface area contributed by atoms with Gasteiger partial charge in [0.05, 0.1) is 6.54 Å². The summed E-state index contributed by atoms with van der Waals surface area (Å²) >= 11 is 0. The highest BCUT2D eigenvalue weighted by molar-refractivity contribution is 6.02. The Morgan fingerprint density at radius 1 is 1.35 bits per heavy atom. The number of hydrogen-bond acceptors (Lipinski definition) is 4. The van der Waals surface area contributed by atoms with Crippen molar-refractivity contribution in [3.8, 4) is 11.4 Å². The number of urea groups is 1. The number of nitrogens with one attached hydrogen (secondary N) is 1. The second kappa shape index (κ2) is 6.20. The van der Waals surface area contributed by atoms with Crippen LogP contribution in [0.2, 0.25) is 0 Å². The highest BCUT2D eigenvalue weighted by Gasteiger charge is 2.37. The zero-order valence-corrected chi connectivity index (χ0v) is 13.2. The summed E-state index contributed by atoms with van der Waals surface area (Å²) in [5.74, 6) is 0.507. The number of aromatic nitrogens is 3. The quantitative estimate of drug-likeness (QED) is 0.856. The van der Waals surface area contributed by atoms with Crippen LogP contribution in [0.5, 0.6) is 0 Å². The highest BCUT2D eigenvalue weighted by Crippen LogP contribution is 2.21. The van der Waals surface area contributed by atoms with Crippen LogP contribution in [0.25, 0.3) is 11.4 Å². The van der Waals surface area contributed by atoms with E-state index in [2.05, 4.69) is 15.2 Å². The number of H-pyrrole nitrogens is 1. The normalized spacial score (nSPS) is 16.3. The Balaban J connectivity index is 1.78. The van der Waals surface area contributed by atoms with Crippen molar-refractivity contribution in [3.63, 3.8) is 0 Å². The molecule has 1 saturated heterocycles. The maximum Gasteiger partial charge on any atom is 0.327 e. The Hall–Kier alpha value is -2.70. The molecule has 7 nitrogen and oxygen atoms in total. The Kier molecular flexibility index (Phi) is 4.10. The van der Waals surface area contributed by atoms with Crippen LogP contribution in [0.1, 0.15) is 25.8 Å². The molecule has 1 aromatic carbocycles. The summed E-state index contributed by atoms with van der Waals surface area (Å²) in [5.41, 5.74) is 1.75. The van der Waals surface area contributed by atoms with Crippen molar-refractivity contribution in [1.82, 2.24) is 25.0 Å². The maximum atomic E-state index is 12.4. The van der Waals surface area contributed by atoms with Crippen molar-refractivity contribution in [2.75, 3.05) is 6.54 Å². The van der Waals surface area contributed by atoms with Crippen molar-refractivity contribution in [3.05, 3.63) is 36.2 Å². The van der Waals surface area contributed by atoms with Gasteiger partial charge in [0.25, 0.3) is 5.91 Å². The van der Waals surface area contributed by atoms with E-state index < -0.39 is 0 Å². The van der Waals surface area contributed by atoms with Gasteiger partial charge in [-0.25, -0.2) is 9.78 Å². The summed E-state index contributed by atoms with van der Waals surface area (Å²) in [5, 5.41) is 6.64. The van der Waals surface area contributed by atoms with Gasteiger partial charge in [0.15, 0.2) is 5.82 Å². The smallest absolute Gasteiger partial charge is 0.312 e. The molecular formula is C16H19N5O2. The number of nitrogens with zero attached hydrogens (tertiary/aromatic N) is 4. The topological polar surface area (TPSA) is 82.2 Å². The first kappa shape index (κ1) is 15.2. The van der Waals surface area contributed by atoms with Crippen LogP contribution in [0.15, 0.2) is 30.6 Å². The molecule has 1 aliphatic rings. The predicted molar refractivity (Wildman–Crippen MR) is 84.2 cm³/mol. The van der Waals surface area contributed by atoms with Crippen LogP contribution in [-0.4, -0.2) is 49.5 Å². The number of carbonyl (C=O) groups is 2. The fraction of sp³-hybridized carbons (Fsp3) is 0.375. The summed E-state index contributed by atoms with van der Waals surface area (Å²) in [4.78, 5) is 31.7. The number of aromatic amines is 1. The van der Waals surface area contributed by atoms with Crippen molar-refractivity contribution in [2.24, 2.45) is 0 Å². The van der Waals surface area contributed by atoms with Gasteiger partial charge in [-0.1, -0.05) is 25.1 Å². The monoisotopic (exact) mass is 313 g/mol. The summed E-state index contributed by atoms with van der Waals surface area (Å²) in [6, 6.07) is 7.44. The lowest BCUT2D eigenvalue weighted by Gasteiger charge is -2.22. The first-order chi connectivity index (χ1) is 11.1. The van der Waals surface area contributed by atoms with E-state index in [9.17, 15) is 9.59 Å². The lowest BCUT2D eigenvalue weighted by atomic mass is 10.1. The second-order valence-corrected chi connectivity index (χ2v) is 5.68. The van der Waals surface area contributed by atoms with E-state index in [1.54, 1.807) is 4.90 Å². The van der Waals surface area contributed by atoms with Gasteiger partial charge in [-0.15, -0.1) is 0 Å². The van der Waals surface area contributed by atoms with Crippen molar-refractivity contribution < 1.29 is 9.59 Å². The molecule has 1 N–H and O–H groups in total. The molecule has 120 valence electrons. The number of imide groups is 1. The first-order valence-corrected chi connectivity index (χ1v) is 7.65. The molecule has 7 heteroatoms. The van der Waals surface area contributed by atoms with Crippen molar-refractivity contribution in [1.29, 1.82) is 0 Å². The van der Waals surface area contributed by atoms with Crippen molar-refractivity contribution in [2.45, 2.75) is 32.9 Å². The van der Waals surface area contributed by atoms with Crippen LogP contribution in [0.4, 0.5) is 4.79 Å². The Morgan fingerprint density at radius 3 is 2.87 bits per heavy atom. The van der Waals surface area contributed by atoms with E-state index in [0.717, 1.165) is 17.5 Å². The summed E-state index contributed by atoms with van der Waals surface area (Å²) < 4.78 is 0. The molecular weight excluding hydrogens is 294 g/mol. The van der Waals surface area contributed by atoms with Crippen LogP contribution < -0.4 is 0 Å². The molecule has 0 spiro atoms. The van der Waals surface area contributed by atoms with Gasteiger partial charge in [-0.2, -0.15) is 5.10 Å². The molecule has 3 amide bonds. The Morgan fingerprint density at radius 2 is 2.17 bits per heavy atom. The molecule has 2 aromatic rings. The van der Waals surface area contributed by atoms with Crippen LogP contribution in [0.3, 0.4) is 0 Å². The third-order valence-corrected chi connectivity index (χ3v) is 4.16. The van der Waals surface area contributed by atoms with Crippen molar-refractivity contribution >= 4 is 11.9 Å². The standard InChI is InChI=1S/C16H19N5O2/c1-3-11(2)20-9-14(22)21(16(20)23)8-12-5-4-6-13(7-12)15-17-10-18-19-15/h4-7,10-11H,3,8-9H2,1-2H3,(H,17,18,19). The van der Waals surface area contributed by atoms with Crippen LogP contribution >= 0.6 is 0 Å². The number of rotatable bonds is 5. The average Bonchev–Trinajstić information content (AvgIpc) is 3.19. The summed E-state index contributed by atoms with van der Waals surface area (Å²) in [6.45, 7) is 4.40. The van der Waals surface area contributed by atoms with E-state index in [0.29, 0.717) is 5.82 Å². The van der Waals surface area contributed by atoms with E-state index in [-0.39, 0.29) is 31.1 Å². The van der Waals surface area contributed by atoms with Gasteiger partial charge < -0.3 is 4.90 Å². The maximum absolute atomic E-state index is 12.4. The molecule has 1 atom stereocenters. The summed E-state index contributed by atoms with van der Waals surface area (Å²) in [6.07, 6.45) is 2.27. The minimum absolute atomic E-state index is 0.0666. The van der Waals surface area contributed by atoms with Gasteiger partial charge >= 0.3 is 6.03 Å². The zero-order valence-electron chi connectivity index (χ0n) is 13.2. The van der Waals surface area contributed by atoms with Gasteiger partial charge in [0.2, 0.25) is 0 Å². The van der Waals surface area contributed by atoms with E-state index in [1.165, 1.54) is 11.2 Å². The highest BCUT2D eigenvalue weighted by atomic mass is 16.2. The lowest BCUT2D eigenvalue weighted by molar-refractivity contribution is -0.125. The Bertz CT molecular complexity index is 713. The average molecular weight is 313 g/mol. The molecule has 0 saturated carbocycles. The third kappa shape index (κ3) is 2.94. The SMILES string of the molecule is CCC(C)N1CC(=O)N(Cc2cccc(-c3ncn[nH]3)c2)C1=O. The van der Waals surface area contributed by atoms with E-state index in [1.807, 2.05) is 38.1 Å². The molecule has 0 bridgehead atoms. The second-order valence-electron chi connectivity index (χ2n) is 5.68. The minimum Gasteiger partial charge on any atom is -0.312 e. The van der Waals surface area contributed by atoms with Gasteiger partial charge in [0, 0.05) is 11.6 Å². The largest absolute Gasteiger partial charge is 0.327 e. The van der Waals surface area contributed by atoms with Gasteiger partial charge in [-0.3, -0.25) is 14.8 Å². The number of amides is 3. The van der Waals surface area contributed by atoms with Crippen LogP contribution in [0, 0.1) is 0 Å². The van der Waals surface area contributed by atoms with E-state index >= 15 is 0 Å². The fourth-order valence-electron chi connectivity index (χ4n) is 2.63. The van der Waals surface area contributed by atoms with Gasteiger partial charge in [0.1, 0.15) is 12.9 Å². The molecule has 1 aromatic heterocycles. The molecule has 23 heavy (non-hydrogen) atoms. The number of hydrogen-bond donors (Lipinski definition) is 1. The minimum atomic E-state index is -0.214. The Labute approximate surface area is 134 Å². The first-order valence-electron chi connectivity index (χ1n) is 7.65. The third-order valence-electron chi connectivity index (χ3n) is 4.16. The molecule has 1 aliphatic heterocycles. The number of carbonyl (C=O) groups excluding carboxylic acids is 2. The van der Waals surface area contributed by atoms with Gasteiger partial charge in [-0.05, 0) is 25.0 Å². The number of benzene rings is 1. The fourth-order valence-corrected chi connectivity index (χ4v) is 2.63. The molecule has 1 fully saturated rings. The molecule has 0 radical (unpaired) electrons. The molecule has 0 aliphatic carbocycles. The lowest BCUT2D eigenvalue weighted by Crippen LogP contribution is -2.37. The van der Waals surface area contributed by atoms with Crippen LogP contribution in [-0.2, 0) is 11.3 Å². The van der Waals surface area contributed by atoms with E-state index in [4.69, 9.17) is 0 Å². The zero-order chi connectivity index (χ0) is 16.4. The molecule has 2 heterocycles. The predicted octanol–water partition coefficient (Wildman–Crippen LogP) is 2.03. The summed E-state index contributed by atoms with van der Waals surface area (Å²) in [7, 11) is 0. The molecule has 3 rings (SSSR count).